The Kier molecular flexibility index (Phi) is 2.86. The molecule has 0 saturated heterocycles. The van der Waals surface area contributed by atoms with Crippen LogP contribution in [0.5, 0.6) is 0 Å². The van der Waals surface area contributed by atoms with Crippen molar-refractivity contribution in [3.05, 3.63) is 52.9 Å². The Bertz CT molecular complexity index is 514. The van der Waals surface area contributed by atoms with E-state index in [0.29, 0.717) is 17.7 Å². The molecule has 0 atom stereocenters. The Labute approximate surface area is 94.1 Å². The third-order valence-electron chi connectivity index (χ3n) is 2.47. The first-order chi connectivity index (χ1) is 7.66. The number of ketones is 1. The molecule has 0 fully saturated rings. The van der Waals surface area contributed by atoms with Crippen molar-refractivity contribution >= 4 is 5.78 Å². The minimum atomic E-state index is -0.0103. The maximum Gasteiger partial charge on any atom is 0.165 e. The molecule has 1 aromatic carbocycles. The first-order valence-electron chi connectivity index (χ1n) is 5.17. The summed E-state index contributed by atoms with van der Waals surface area (Å²) in [6, 6.07) is 8.12. The normalized spacial score (nSPS) is 10.4. The molecule has 3 nitrogen and oxygen atoms in total. The molecule has 1 aromatic heterocycles. The monoisotopic (exact) mass is 215 g/mol. The van der Waals surface area contributed by atoms with Crippen LogP contribution in [0.25, 0.3) is 0 Å². The summed E-state index contributed by atoms with van der Waals surface area (Å²) in [4.78, 5) is 11.3. The number of aromatic nitrogens is 1. The molecule has 82 valence electrons. The number of Topliss-reactive ketones (excluding diaryl/α,β-unsaturated/α-hetero) is 1. The lowest BCUT2D eigenvalue weighted by atomic mass is 10.0. The van der Waals surface area contributed by atoms with E-state index in [2.05, 4.69) is 11.2 Å². The summed E-state index contributed by atoms with van der Waals surface area (Å²) >= 11 is 0. The van der Waals surface area contributed by atoms with E-state index >= 15 is 0 Å². The van der Waals surface area contributed by atoms with Crippen LogP contribution >= 0.6 is 0 Å². The molecule has 0 N–H and O–H groups in total. The molecular weight excluding hydrogens is 202 g/mol. The van der Waals surface area contributed by atoms with Gasteiger partial charge in [0.2, 0.25) is 0 Å². The van der Waals surface area contributed by atoms with Gasteiger partial charge >= 0.3 is 0 Å². The Morgan fingerprint density at radius 1 is 1.44 bits per heavy atom. The molecule has 0 aliphatic carbocycles. The van der Waals surface area contributed by atoms with Crippen LogP contribution in [-0.4, -0.2) is 10.9 Å². The first kappa shape index (κ1) is 10.6. The zero-order valence-electron chi connectivity index (χ0n) is 9.36. The van der Waals surface area contributed by atoms with E-state index in [-0.39, 0.29) is 5.78 Å². The van der Waals surface area contributed by atoms with Gasteiger partial charge in [0, 0.05) is 6.42 Å². The molecular formula is C13H13NO2. The van der Waals surface area contributed by atoms with Crippen LogP contribution in [-0.2, 0) is 6.42 Å². The zero-order valence-corrected chi connectivity index (χ0v) is 9.36. The smallest absolute Gasteiger partial charge is 0.165 e. The minimum absolute atomic E-state index is 0.0103. The predicted octanol–water partition coefficient (Wildman–Crippen LogP) is 2.78. The van der Waals surface area contributed by atoms with E-state index in [0.717, 1.165) is 5.56 Å². The van der Waals surface area contributed by atoms with Gasteiger partial charge in [0.25, 0.3) is 0 Å². The average molecular weight is 215 g/mol. The molecule has 0 radical (unpaired) electrons. The van der Waals surface area contributed by atoms with Crippen molar-refractivity contribution in [2.24, 2.45) is 0 Å². The van der Waals surface area contributed by atoms with Crippen LogP contribution in [0.4, 0.5) is 0 Å². The molecule has 0 aliphatic heterocycles. The highest BCUT2D eigenvalue weighted by atomic mass is 16.5. The third-order valence-corrected chi connectivity index (χ3v) is 2.47. The maximum atomic E-state index is 11.3. The fourth-order valence-corrected chi connectivity index (χ4v) is 1.69. The number of hydrogen-bond acceptors (Lipinski definition) is 3. The third kappa shape index (κ3) is 2.19. The average Bonchev–Trinajstić information content (AvgIpc) is 2.66. The van der Waals surface area contributed by atoms with Crippen LogP contribution in [0.1, 0.15) is 34.2 Å². The number of hydrogen-bond donors (Lipinski definition) is 0. The van der Waals surface area contributed by atoms with E-state index in [4.69, 9.17) is 4.52 Å². The molecule has 0 aliphatic rings. The van der Waals surface area contributed by atoms with Gasteiger partial charge in [-0.1, -0.05) is 35.0 Å². The fourth-order valence-electron chi connectivity index (χ4n) is 1.69. The van der Waals surface area contributed by atoms with Gasteiger partial charge in [-0.05, 0) is 19.4 Å². The Morgan fingerprint density at radius 3 is 2.94 bits per heavy atom. The van der Waals surface area contributed by atoms with E-state index in [1.165, 1.54) is 18.7 Å². The lowest BCUT2D eigenvalue weighted by molar-refractivity contribution is 0.101. The molecule has 2 rings (SSSR count). The van der Waals surface area contributed by atoms with E-state index in [1.54, 1.807) is 0 Å². The number of carbonyl (C=O) groups excluding carboxylic acids is 1. The van der Waals surface area contributed by atoms with Crippen molar-refractivity contribution in [3.8, 4) is 0 Å². The van der Waals surface area contributed by atoms with Crippen molar-refractivity contribution in [2.75, 3.05) is 0 Å². The topological polar surface area (TPSA) is 43.1 Å². The van der Waals surface area contributed by atoms with Crippen LogP contribution in [0.3, 0.4) is 0 Å². The highest BCUT2D eigenvalue weighted by molar-refractivity contribution is 5.94. The summed E-state index contributed by atoms with van der Waals surface area (Å²) in [5.41, 5.74) is 2.89. The number of aryl methyl sites for hydroxylation is 1. The summed E-state index contributed by atoms with van der Waals surface area (Å²) in [5, 5.41) is 3.67. The molecule has 16 heavy (non-hydrogen) atoms. The second kappa shape index (κ2) is 4.31. The van der Waals surface area contributed by atoms with Gasteiger partial charge in [-0.25, -0.2) is 0 Å². The SMILES string of the molecule is CC(=O)c1cnoc1Cc1cccc(C)c1. The maximum absolute atomic E-state index is 11.3. The van der Waals surface area contributed by atoms with E-state index < -0.39 is 0 Å². The molecule has 2 aromatic rings. The Hall–Kier alpha value is -1.90. The van der Waals surface area contributed by atoms with Gasteiger partial charge in [0.1, 0.15) is 0 Å². The predicted molar refractivity (Wildman–Crippen MR) is 60.5 cm³/mol. The van der Waals surface area contributed by atoms with Gasteiger partial charge in [-0.3, -0.25) is 4.79 Å². The Morgan fingerprint density at radius 2 is 2.25 bits per heavy atom. The molecule has 0 amide bonds. The summed E-state index contributed by atoms with van der Waals surface area (Å²) in [7, 11) is 0. The molecule has 0 bridgehead atoms. The van der Waals surface area contributed by atoms with Crippen LogP contribution < -0.4 is 0 Å². The van der Waals surface area contributed by atoms with Gasteiger partial charge in [0.05, 0.1) is 11.8 Å². The number of rotatable bonds is 3. The van der Waals surface area contributed by atoms with Gasteiger partial charge < -0.3 is 4.52 Å². The van der Waals surface area contributed by atoms with E-state index in [1.807, 2.05) is 25.1 Å². The Balaban J connectivity index is 2.27. The van der Waals surface area contributed by atoms with Crippen molar-refractivity contribution in [3.63, 3.8) is 0 Å². The van der Waals surface area contributed by atoms with Crippen LogP contribution in [0.15, 0.2) is 35.0 Å². The summed E-state index contributed by atoms with van der Waals surface area (Å²) < 4.78 is 5.10. The van der Waals surface area contributed by atoms with Gasteiger partial charge in [-0.15, -0.1) is 0 Å². The van der Waals surface area contributed by atoms with Gasteiger partial charge in [0.15, 0.2) is 11.5 Å². The molecule has 1 heterocycles. The molecule has 0 saturated carbocycles. The molecule has 0 unspecified atom stereocenters. The largest absolute Gasteiger partial charge is 0.360 e. The van der Waals surface area contributed by atoms with Crippen molar-refractivity contribution in [2.45, 2.75) is 20.3 Å². The number of carbonyl (C=O) groups is 1. The summed E-state index contributed by atoms with van der Waals surface area (Å²) in [6.07, 6.45) is 2.09. The van der Waals surface area contributed by atoms with Crippen molar-refractivity contribution in [1.82, 2.24) is 5.16 Å². The minimum Gasteiger partial charge on any atom is -0.360 e. The highest BCUT2D eigenvalue weighted by Gasteiger charge is 2.12. The van der Waals surface area contributed by atoms with Crippen LogP contribution in [0.2, 0.25) is 0 Å². The number of benzene rings is 1. The molecule has 0 spiro atoms. The number of nitrogens with zero attached hydrogens (tertiary/aromatic N) is 1. The summed E-state index contributed by atoms with van der Waals surface area (Å²) in [5.74, 6) is 0.627. The molecule has 3 heteroatoms. The quantitative estimate of drug-likeness (QED) is 0.739. The highest BCUT2D eigenvalue weighted by Crippen LogP contribution is 2.15. The van der Waals surface area contributed by atoms with E-state index in [9.17, 15) is 4.79 Å². The fraction of sp³-hybridized carbons (Fsp3) is 0.231. The zero-order chi connectivity index (χ0) is 11.5. The van der Waals surface area contributed by atoms with Crippen LogP contribution in [0, 0.1) is 6.92 Å². The second-order valence-corrected chi connectivity index (χ2v) is 3.88. The first-order valence-corrected chi connectivity index (χ1v) is 5.17. The lowest BCUT2D eigenvalue weighted by Crippen LogP contribution is -1.96. The lowest BCUT2D eigenvalue weighted by Gasteiger charge is -2.00. The van der Waals surface area contributed by atoms with Gasteiger partial charge in [-0.2, -0.15) is 0 Å². The summed E-state index contributed by atoms with van der Waals surface area (Å²) in [6.45, 7) is 3.56. The van der Waals surface area contributed by atoms with Crippen molar-refractivity contribution < 1.29 is 9.32 Å². The second-order valence-electron chi connectivity index (χ2n) is 3.88. The van der Waals surface area contributed by atoms with Crippen molar-refractivity contribution in [1.29, 1.82) is 0 Å². The standard InChI is InChI=1S/C13H13NO2/c1-9-4-3-5-11(6-9)7-13-12(10(2)15)8-14-16-13/h3-6,8H,7H2,1-2H3.